The maximum Gasteiger partial charge on any atom is 0.118 e. The monoisotopic (exact) mass is 331 g/mol. The predicted octanol–water partition coefficient (Wildman–Crippen LogP) is 5.63. The minimum atomic E-state index is 0.489. The van der Waals surface area contributed by atoms with Crippen molar-refractivity contribution < 1.29 is 4.74 Å². The highest BCUT2D eigenvalue weighted by atomic mass is 16.5. The van der Waals surface area contributed by atoms with Gasteiger partial charge in [-0.05, 0) is 61.4 Å². The van der Waals surface area contributed by atoms with E-state index in [-0.39, 0.29) is 0 Å². The Morgan fingerprint density at radius 1 is 0.960 bits per heavy atom. The van der Waals surface area contributed by atoms with Crippen LogP contribution in [0.15, 0.2) is 59.7 Å². The number of ether oxygens (including phenoxy) is 1. The van der Waals surface area contributed by atoms with E-state index in [1.807, 2.05) is 0 Å². The van der Waals surface area contributed by atoms with Crippen molar-refractivity contribution in [3.63, 3.8) is 0 Å². The Morgan fingerprint density at radius 3 is 2.60 bits per heavy atom. The minimum Gasteiger partial charge on any atom is -0.497 e. The molecule has 1 N–H and O–H groups in total. The van der Waals surface area contributed by atoms with Gasteiger partial charge in [0.25, 0.3) is 0 Å². The summed E-state index contributed by atoms with van der Waals surface area (Å²) in [5, 5.41) is 3.88. The molecule has 0 aromatic heterocycles. The molecule has 0 amide bonds. The molecule has 128 valence electrons. The first kappa shape index (κ1) is 15.1. The zero-order chi connectivity index (χ0) is 16.8. The number of benzene rings is 2. The number of allylic oxidation sites excluding steroid dienone is 1. The highest BCUT2D eigenvalue weighted by Crippen LogP contribution is 2.54. The SMILES string of the molecule is COc1ccc([C@@H]2C3=C(CCCC3)C[C@@H]3c4ccccc4N[C@@H]32)cc1. The third-order valence-corrected chi connectivity index (χ3v) is 6.42. The van der Waals surface area contributed by atoms with Crippen molar-refractivity contribution in [2.45, 2.75) is 50.0 Å². The van der Waals surface area contributed by atoms with E-state index in [9.17, 15) is 0 Å². The van der Waals surface area contributed by atoms with Gasteiger partial charge in [-0.3, -0.25) is 0 Å². The molecule has 2 heteroatoms. The van der Waals surface area contributed by atoms with Crippen LogP contribution in [-0.4, -0.2) is 13.2 Å². The van der Waals surface area contributed by atoms with E-state index in [1.165, 1.54) is 48.9 Å². The van der Waals surface area contributed by atoms with Gasteiger partial charge in [0.05, 0.1) is 7.11 Å². The molecule has 1 aliphatic heterocycles. The van der Waals surface area contributed by atoms with E-state index in [0.29, 0.717) is 17.9 Å². The second-order valence-corrected chi connectivity index (χ2v) is 7.65. The maximum absolute atomic E-state index is 5.37. The van der Waals surface area contributed by atoms with Gasteiger partial charge < -0.3 is 10.1 Å². The lowest BCUT2D eigenvalue weighted by Gasteiger charge is -2.40. The Labute approximate surface area is 149 Å². The van der Waals surface area contributed by atoms with Crippen molar-refractivity contribution in [2.75, 3.05) is 12.4 Å². The molecule has 3 aliphatic rings. The van der Waals surface area contributed by atoms with Gasteiger partial charge in [-0.2, -0.15) is 0 Å². The molecule has 25 heavy (non-hydrogen) atoms. The summed E-state index contributed by atoms with van der Waals surface area (Å²) >= 11 is 0. The van der Waals surface area contributed by atoms with Crippen LogP contribution in [0.1, 0.15) is 55.1 Å². The van der Waals surface area contributed by atoms with E-state index < -0.39 is 0 Å². The van der Waals surface area contributed by atoms with Crippen LogP contribution in [0.25, 0.3) is 0 Å². The zero-order valence-electron chi connectivity index (χ0n) is 14.8. The van der Waals surface area contributed by atoms with Gasteiger partial charge in [-0.1, -0.05) is 41.5 Å². The lowest BCUT2D eigenvalue weighted by molar-refractivity contribution is 0.413. The Kier molecular flexibility index (Phi) is 3.58. The lowest BCUT2D eigenvalue weighted by Crippen LogP contribution is -2.35. The van der Waals surface area contributed by atoms with Gasteiger partial charge in [0.2, 0.25) is 0 Å². The number of methoxy groups -OCH3 is 1. The molecule has 2 aromatic rings. The molecule has 0 unspecified atom stereocenters. The van der Waals surface area contributed by atoms with Crippen LogP contribution in [0.3, 0.4) is 0 Å². The number of rotatable bonds is 2. The summed E-state index contributed by atoms with van der Waals surface area (Å²) in [4.78, 5) is 0. The predicted molar refractivity (Wildman–Crippen MR) is 102 cm³/mol. The Balaban J connectivity index is 1.61. The number of anilines is 1. The summed E-state index contributed by atoms with van der Waals surface area (Å²) in [6.07, 6.45) is 6.52. The molecule has 5 rings (SSSR count). The van der Waals surface area contributed by atoms with Crippen LogP contribution < -0.4 is 10.1 Å². The summed E-state index contributed by atoms with van der Waals surface area (Å²) in [5.74, 6) is 2.05. The average Bonchev–Trinajstić information content (AvgIpc) is 3.04. The number of hydrogen-bond acceptors (Lipinski definition) is 2. The van der Waals surface area contributed by atoms with Gasteiger partial charge in [-0.25, -0.2) is 0 Å². The molecular formula is C23H25NO. The molecule has 0 bridgehead atoms. The summed E-state index contributed by atoms with van der Waals surface area (Å²) in [5.41, 5.74) is 7.76. The Morgan fingerprint density at radius 2 is 1.76 bits per heavy atom. The van der Waals surface area contributed by atoms with Crippen LogP contribution in [0.4, 0.5) is 5.69 Å². The zero-order valence-corrected chi connectivity index (χ0v) is 14.8. The maximum atomic E-state index is 5.37. The quantitative estimate of drug-likeness (QED) is 0.720. The standard InChI is InChI=1S/C23H25NO/c1-25-17-12-10-15(11-13-17)22-18-7-3-2-6-16(18)14-20-19-8-4-5-9-21(19)24-23(20)22/h4-5,8-13,20,22-24H,2-3,6-7,14H2,1H3/t20-,22-,23+/m1/s1. The summed E-state index contributed by atoms with van der Waals surface area (Å²) < 4.78 is 5.37. The van der Waals surface area contributed by atoms with Crippen molar-refractivity contribution in [2.24, 2.45) is 0 Å². The molecule has 0 radical (unpaired) electrons. The normalized spacial score (nSPS) is 27.2. The molecule has 3 atom stereocenters. The summed E-state index contributed by atoms with van der Waals surface area (Å²) in [7, 11) is 1.74. The molecule has 0 spiro atoms. The number of para-hydroxylation sites is 1. The lowest BCUT2D eigenvalue weighted by atomic mass is 9.66. The molecule has 0 saturated carbocycles. The smallest absolute Gasteiger partial charge is 0.118 e. The minimum absolute atomic E-state index is 0.489. The van der Waals surface area contributed by atoms with Gasteiger partial charge >= 0.3 is 0 Å². The average molecular weight is 331 g/mol. The molecule has 2 aromatic carbocycles. The van der Waals surface area contributed by atoms with Gasteiger partial charge in [0.1, 0.15) is 5.75 Å². The van der Waals surface area contributed by atoms with Crippen LogP contribution >= 0.6 is 0 Å². The first-order valence-electron chi connectivity index (χ1n) is 9.55. The van der Waals surface area contributed by atoms with Crippen molar-refractivity contribution in [1.29, 1.82) is 0 Å². The molecule has 1 heterocycles. The first-order valence-corrected chi connectivity index (χ1v) is 9.55. The van der Waals surface area contributed by atoms with E-state index in [2.05, 4.69) is 53.8 Å². The first-order chi connectivity index (χ1) is 12.3. The topological polar surface area (TPSA) is 21.3 Å². The van der Waals surface area contributed by atoms with E-state index >= 15 is 0 Å². The number of hydrogen-bond donors (Lipinski definition) is 1. The highest BCUT2D eigenvalue weighted by Gasteiger charge is 2.44. The largest absolute Gasteiger partial charge is 0.497 e. The van der Waals surface area contributed by atoms with Gasteiger partial charge in [0.15, 0.2) is 0 Å². The van der Waals surface area contributed by atoms with E-state index in [1.54, 1.807) is 18.3 Å². The Bertz CT molecular complexity index is 820. The summed E-state index contributed by atoms with van der Waals surface area (Å²) in [6, 6.07) is 18.2. The van der Waals surface area contributed by atoms with Crippen LogP contribution in [0.5, 0.6) is 5.75 Å². The van der Waals surface area contributed by atoms with E-state index in [0.717, 1.165) is 5.75 Å². The second kappa shape index (κ2) is 5.94. The van der Waals surface area contributed by atoms with Crippen molar-refractivity contribution in [3.05, 3.63) is 70.8 Å². The summed E-state index contributed by atoms with van der Waals surface area (Å²) in [6.45, 7) is 0. The Hall–Kier alpha value is -2.22. The highest BCUT2D eigenvalue weighted by molar-refractivity contribution is 5.63. The second-order valence-electron chi connectivity index (χ2n) is 7.65. The number of fused-ring (bicyclic) bond motifs is 3. The molecule has 0 saturated heterocycles. The van der Waals surface area contributed by atoms with Crippen molar-refractivity contribution >= 4 is 5.69 Å². The van der Waals surface area contributed by atoms with Crippen LogP contribution in [-0.2, 0) is 0 Å². The van der Waals surface area contributed by atoms with Crippen LogP contribution in [0, 0.1) is 0 Å². The molecule has 2 nitrogen and oxygen atoms in total. The third kappa shape index (κ3) is 2.38. The fourth-order valence-corrected chi connectivity index (χ4v) is 5.28. The van der Waals surface area contributed by atoms with Crippen molar-refractivity contribution in [1.82, 2.24) is 0 Å². The molecular weight excluding hydrogens is 306 g/mol. The van der Waals surface area contributed by atoms with E-state index in [4.69, 9.17) is 4.74 Å². The molecule has 2 aliphatic carbocycles. The molecule has 0 fully saturated rings. The van der Waals surface area contributed by atoms with Gasteiger partial charge in [0, 0.05) is 23.6 Å². The number of nitrogens with one attached hydrogen (secondary N) is 1. The van der Waals surface area contributed by atoms with Crippen molar-refractivity contribution in [3.8, 4) is 5.75 Å². The third-order valence-electron chi connectivity index (χ3n) is 6.42. The fraction of sp³-hybridized carbons (Fsp3) is 0.391. The van der Waals surface area contributed by atoms with Gasteiger partial charge in [-0.15, -0.1) is 0 Å². The fourth-order valence-electron chi connectivity index (χ4n) is 5.28. The van der Waals surface area contributed by atoms with Crippen LogP contribution in [0.2, 0.25) is 0 Å².